The fourth-order valence-electron chi connectivity index (χ4n) is 2.86. The van der Waals surface area contributed by atoms with Crippen molar-refractivity contribution in [3.05, 3.63) is 23.8 Å². The van der Waals surface area contributed by atoms with Crippen LogP contribution in [0.15, 0.2) is 18.2 Å². The summed E-state index contributed by atoms with van der Waals surface area (Å²) < 4.78 is 5.06. The van der Waals surface area contributed by atoms with Crippen LogP contribution in [0.1, 0.15) is 24.8 Å². The van der Waals surface area contributed by atoms with E-state index in [-0.39, 0.29) is 5.75 Å². The van der Waals surface area contributed by atoms with Gasteiger partial charge in [0.25, 0.3) is 0 Å². The predicted octanol–water partition coefficient (Wildman–Crippen LogP) is 1.96. The molecule has 1 aromatic rings. The van der Waals surface area contributed by atoms with Crippen molar-refractivity contribution in [1.82, 2.24) is 4.90 Å². The lowest BCUT2D eigenvalue weighted by Crippen LogP contribution is -2.35. The molecule has 1 atom stereocenters. The van der Waals surface area contributed by atoms with Gasteiger partial charge in [-0.15, -0.1) is 0 Å². The van der Waals surface area contributed by atoms with Crippen molar-refractivity contribution >= 4 is 0 Å². The Labute approximate surface area is 115 Å². The number of likely N-dealkylation sites (tertiary alicyclic amines) is 1. The Morgan fingerprint density at radius 2 is 2.32 bits per heavy atom. The Morgan fingerprint density at radius 3 is 3.00 bits per heavy atom. The van der Waals surface area contributed by atoms with Crippen LogP contribution in [0.5, 0.6) is 11.5 Å². The van der Waals surface area contributed by atoms with Crippen molar-refractivity contribution < 1.29 is 9.84 Å². The monoisotopic (exact) mass is 264 g/mol. The third-order valence-corrected chi connectivity index (χ3v) is 3.83. The second-order valence-electron chi connectivity index (χ2n) is 5.33. The van der Waals surface area contributed by atoms with Crippen LogP contribution in [-0.2, 0) is 6.54 Å². The maximum absolute atomic E-state index is 9.80. The Hall–Kier alpha value is -1.26. The fraction of sp³-hybridized carbons (Fsp3) is 0.600. The van der Waals surface area contributed by atoms with E-state index in [0.29, 0.717) is 5.75 Å². The van der Waals surface area contributed by atoms with Gasteiger partial charge in [-0.05, 0) is 56.0 Å². The first-order valence-electron chi connectivity index (χ1n) is 7.01. The number of hydrogen-bond donors (Lipinski definition) is 2. The minimum absolute atomic E-state index is 0.218. The van der Waals surface area contributed by atoms with E-state index in [9.17, 15) is 5.11 Å². The van der Waals surface area contributed by atoms with Gasteiger partial charge in [-0.3, -0.25) is 4.90 Å². The molecule has 1 aliphatic rings. The van der Waals surface area contributed by atoms with Crippen LogP contribution in [0.25, 0.3) is 0 Å². The smallest absolute Gasteiger partial charge is 0.160 e. The molecule has 0 radical (unpaired) electrons. The lowest BCUT2D eigenvalue weighted by Gasteiger charge is -2.32. The normalized spacial score (nSPS) is 20.4. The number of methoxy groups -OCH3 is 1. The molecule has 1 saturated heterocycles. The van der Waals surface area contributed by atoms with Crippen molar-refractivity contribution in [3.63, 3.8) is 0 Å². The Kier molecular flexibility index (Phi) is 5.05. The van der Waals surface area contributed by atoms with E-state index in [1.54, 1.807) is 13.2 Å². The highest BCUT2D eigenvalue weighted by molar-refractivity contribution is 5.41. The number of rotatable bonds is 5. The molecule has 0 bridgehead atoms. The average molecular weight is 264 g/mol. The first kappa shape index (κ1) is 14.2. The number of nitrogens with zero attached hydrogens (tertiary/aromatic N) is 1. The molecule has 4 heteroatoms. The number of piperidine rings is 1. The summed E-state index contributed by atoms with van der Waals surface area (Å²) in [6.45, 7) is 3.91. The fourth-order valence-corrected chi connectivity index (χ4v) is 2.86. The molecule has 0 amide bonds. The van der Waals surface area contributed by atoms with Gasteiger partial charge in [0.15, 0.2) is 11.5 Å². The van der Waals surface area contributed by atoms with Crippen molar-refractivity contribution in [2.75, 3.05) is 26.7 Å². The molecule has 1 heterocycles. The maximum atomic E-state index is 9.80. The molecule has 2 rings (SSSR count). The zero-order valence-electron chi connectivity index (χ0n) is 11.6. The van der Waals surface area contributed by atoms with Crippen LogP contribution in [0.3, 0.4) is 0 Å². The third-order valence-electron chi connectivity index (χ3n) is 3.83. The summed E-state index contributed by atoms with van der Waals surface area (Å²) in [5.41, 5.74) is 6.77. The zero-order chi connectivity index (χ0) is 13.7. The second-order valence-corrected chi connectivity index (χ2v) is 5.33. The quantitative estimate of drug-likeness (QED) is 0.853. The number of phenols is 1. The number of aromatic hydroxyl groups is 1. The van der Waals surface area contributed by atoms with Gasteiger partial charge in [-0.2, -0.15) is 0 Å². The van der Waals surface area contributed by atoms with Crippen LogP contribution in [-0.4, -0.2) is 36.8 Å². The summed E-state index contributed by atoms with van der Waals surface area (Å²) in [6.07, 6.45) is 3.65. The highest BCUT2D eigenvalue weighted by atomic mass is 16.5. The van der Waals surface area contributed by atoms with E-state index in [4.69, 9.17) is 10.5 Å². The van der Waals surface area contributed by atoms with Crippen LogP contribution in [0.2, 0.25) is 0 Å². The lowest BCUT2D eigenvalue weighted by molar-refractivity contribution is 0.163. The number of phenolic OH excluding ortho intramolecular Hbond substituents is 1. The second kappa shape index (κ2) is 6.78. The summed E-state index contributed by atoms with van der Waals surface area (Å²) in [4.78, 5) is 2.45. The van der Waals surface area contributed by atoms with E-state index in [1.165, 1.54) is 12.8 Å². The molecular weight excluding hydrogens is 240 g/mol. The van der Waals surface area contributed by atoms with Crippen LogP contribution < -0.4 is 10.5 Å². The molecule has 1 fully saturated rings. The van der Waals surface area contributed by atoms with E-state index >= 15 is 0 Å². The van der Waals surface area contributed by atoms with Gasteiger partial charge in [-0.25, -0.2) is 0 Å². The summed E-state index contributed by atoms with van der Waals surface area (Å²) in [6, 6.07) is 5.64. The van der Waals surface area contributed by atoms with E-state index in [0.717, 1.165) is 44.1 Å². The Morgan fingerprint density at radius 1 is 1.47 bits per heavy atom. The van der Waals surface area contributed by atoms with Crippen molar-refractivity contribution in [2.24, 2.45) is 11.7 Å². The molecule has 1 aliphatic heterocycles. The van der Waals surface area contributed by atoms with E-state index in [2.05, 4.69) is 4.90 Å². The Bertz CT molecular complexity index is 407. The number of nitrogens with two attached hydrogens (primary N) is 1. The molecule has 19 heavy (non-hydrogen) atoms. The van der Waals surface area contributed by atoms with Gasteiger partial charge in [0.05, 0.1) is 7.11 Å². The van der Waals surface area contributed by atoms with Crippen LogP contribution in [0.4, 0.5) is 0 Å². The number of ether oxygens (including phenoxy) is 1. The molecule has 106 valence electrons. The van der Waals surface area contributed by atoms with Crippen molar-refractivity contribution in [2.45, 2.75) is 25.8 Å². The van der Waals surface area contributed by atoms with Gasteiger partial charge in [0, 0.05) is 13.1 Å². The summed E-state index contributed by atoms with van der Waals surface area (Å²) in [7, 11) is 1.57. The lowest BCUT2D eigenvalue weighted by atomic mass is 9.94. The number of benzene rings is 1. The average Bonchev–Trinajstić information content (AvgIpc) is 2.40. The zero-order valence-corrected chi connectivity index (χ0v) is 11.6. The minimum atomic E-state index is 0.218. The predicted molar refractivity (Wildman–Crippen MR) is 76.3 cm³/mol. The molecule has 0 aromatic heterocycles. The molecule has 0 spiro atoms. The molecule has 4 nitrogen and oxygen atoms in total. The highest BCUT2D eigenvalue weighted by Gasteiger charge is 2.19. The van der Waals surface area contributed by atoms with Gasteiger partial charge in [-0.1, -0.05) is 6.07 Å². The van der Waals surface area contributed by atoms with Crippen molar-refractivity contribution in [3.8, 4) is 11.5 Å². The Balaban J connectivity index is 1.94. The molecule has 3 N–H and O–H groups in total. The van der Waals surface area contributed by atoms with Gasteiger partial charge >= 0.3 is 0 Å². The van der Waals surface area contributed by atoms with Crippen LogP contribution in [0, 0.1) is 5.92 Å². The van der Waals surface area contributed by atoms with Gasteiger partial charge < -0.3 is 15.6 Å². The van der Waals surface area contributed by atoms with Crippen molar-refractivity contribution in [1.29, 1.82) is 0 Å². The third kappa shape index (κ3) is 3.85. The molecule has 1 unspecified atom stereocenters. The minimum Gasteiger partial charge on any atom is -0.504 e. The van der Waals surface area contributed by atoms with E-state index in [1.807, 2.05) is 12.1 Å². The largest absolute Gasteiger partial charge is 0.504 e. The topological polar surface area (TPSA) is 58.7 Å². The summed E-state index contributed by atoms with van der Waals surface area (Å²) >= 11 is 0. The van der Waals surface area contributed by atoms with Gasteiger partial charge in [0.1, 0.15) is 0 Å². The summed E-state index contributed by atoms with van der Waals surface area (Å²) in [5.74, 6) is 1.48. The molecule has 0 aliphatic carbocycles. The maximum Gasteiger partial charge on any atom is 0.160 e. The van der Waals surface area contributed by atoms with Gasteiger partial charge in [0.2, 0.25) is 0 Å². The highest BCUT2D eigenvalue weighted by Crippen LogP contribution is 2.28. The van der Waals surface area contributed by atoms with E-state index < -0.39 is 0 Å². The molecule has 1 aromatic carbocycles. The molecule has 0 saturated carbocycles. The first-order valence-corrected chi connectivity index (χ1v) is 7.01. The standard InChI is InChI=1S/C15H24N2O2/c1-19-15-5-4-13(9-14(15)18)11-17-8-2-3-12(10-17)6-7-16/h4-5,9,12,18H,2-3,6-8,10-11,16H2,1H3. The SMILES string of the molecule is COc1ccc(CN2CCCC(CCN)C2)cc1O. The number of hydrogen-bond acceptors (Lipinski definition) is 4. The first-order chi connectivity index (χ1) is 9.22. The molecular formula is C15H24N2O2. The summed E-state index contributed by atoms with van der Waals surface area (Å²) in [5, 5.41) is 9.80. The van der Waals surface area contributed by atoms with Crippen LogP contribution >= 0.6 is 0 Å².